The third kappa shape index (κ3) is 5.52. The van der Waals surface area contributed by atoms with Gasteiger partial charge in [0, 0.05) is 18.2 Å². The summed E-state index contributed by atoms with van der Waals surface area (Å²) in [6.07, 6.45) is 2.62. The van der Waals surface area contributed by atoms with Crippen LogP contribution in [0.3, 0.4) is 0 Å². The topological polar surface area (TPSA) is 34.1 Å². The summed E-state index contributed by atoms with van der Waals surface area (Å²) >= 11 is 6.11. The van der Waals surface area contributed by atoms with Crippen LogP contribution in [-0.4, -0.2) is 17.1 Å². The molecule has 0 spiro atoms. The van der Waals surface area contributed by atoms with Crippen LogP contribution in [0.1, 0.15) is 32.9 Å². The molecule has 1 aromatic rings. The predicted molar refractivity (Wildman–Crippen MR) is 76.1 cm³/mol. The van der Waals surface area contributed by atoms with Crippen molar-refractivity contribution < 1.29 is 4.74 Å². The first-order valence-electron chi connectivity index (χ1n) is 6.06. The molecule has 0 saturated carbocycles. The molecule has 3 nitrogen and oxygen atoms in total. The number of hydrogen-bond donors (Lipinski definition) is 1. The van der Waals surface area contributed by atoms with Crippen LogP contribution in [0.25, 0.3) is 0 Å². The second kappa shape index (κ2) is 6.76. The van der Waals surface area contributed by atoms with Gasteiger partial charge in [0.1, 0.15) is 0 Å². The Morgan fingerprint density at radius 1 is 1.44 bits per heavy atom. The van der Waals surface area contributed by atoms with Crippen molar-refractivity contribution in [3.8, 4) is 5.88 Å². The molecular formula is C14H21ClN2O. The van der Waals surface area contributed by atoms with Gasteiger partial charge in [0.05, 0.1) is 17.3 Å². The monoisotopic (exact) mass is 268 g/mol. The Morgan fingerprint density at radius 3 is 2.78 bits per heavy atom. The Balaban J connectivity index is 2.65. The van der Waals surface area contributed by atoms with Crippen LogP contribution >= 0.6 is 11.6 Å². The molecule has 1 aromatic heterocycles. The lowest BCUT2D eigenvalue weighted by Gasteiger charge is -2.20. The van der Waals surface area contributed by atoms with E-state index in [2.05, 4.69) is 37.7 Å². The SMILES string of the molecule is C=CCCOc1ccc(Cl)c(CNC(C)(C)C)n1. The highest BCUT2D eigenvalue weighted by atomic mass is 35.5. The molecule has 0 bridgehead atoms. The third-order valence-electron chi connectivity index (χ3n) is 2.25. The van der Waals surface area contributed by atoms with Crippen LogP contribution in [0.15, 0.2) is 24.8 Å². The van der Waals surface area contributed by atoms with Crippen molar-refractivity contribution in [1.82, 2.24) is 10.3 Å². The van der Waals surface area contributed by atoms with Crippen molar-refractivity contribution >= 4 is 11.6 Å². The molecule has 1 N–H and O–H groups in total. The molecule has 0 aromatic carbocycles. The molecule has 0 saturated heterocycles. The zero-order valence-corrected chi connectivity index (χ0v) is 12.0. The summed E-state index contributed by atoms with van der Waals surface area (Å²) < 4.78 is 5.51. The minimum atomic E-state index is 0.0325. The molecule has 18 heavy (non-hydrogen) atoms. The summed E-state index contributed by atoms with van der Waals surface area (Å²) in [5.41, 5.74) is 0.841. The standard InChI is InChI=1S/C14H21ClN2O/c1-5-6-9-18-13-8-7-11(15)12(17-13)10-16-14(2,3)4/h5,7-8,16H,1,6,9-10H2,2-4H3. The summed E-state index contributed by atoms with van der Waals surface area (Å²) in [6.45, 7) is 11.2. The van der Waals surface area contributed by atoms with Crippen LogP contribution < -0.4 is 10.1 Å². The van der Waals surface area contributed by atoms with Crippen LogP contribution in [0, 0.1) is 0 Å². The zero-order chi connectivity index (χ0) is 13.6. The van der Waals surface area contributed by atoms with Gasteiger partial charge in [-0.2, -0.15) is 0 Å². The molecule has 0 fully saturated rings. The highest BCUT2D eigenvalue weighted by Gasteiger charge is 2.11. The maximum Gasteiger partial charge on any atom is 0.213 e. The van der Waals surface area contributed by atoms with Gasteiger partial charge in [0.25, 0.3) is 0 Å². The van der Waals surface area contributed by atoms with Crippen LogP contribution in [0.4, 0.5) is 0 Å². The van der Waals surface area contributed by atoms with Gasteiger partial charge in [-0.1, -0.05) is 17.7 Å². The van der Waals surface area contributed by atoms with E-state index >= 15 is 0 Å². The van der Waals surface area contributed by atoms with Gasteiger partial charge in [0.2, 0.25) is 5.88 Å². The van der Waals surface area contributed by atoms with E-state index in [1.807, 2.05) is 12.1 Å². The molecule has 0 aliphatic heterocycles. The van der Waals surface area contributed by atoms with E-state index in [0.717, 1.165) is 12.1 Å². The van der Waals surface area contributed by atoms with E-state index in [4.69, 9.17) is 16.3 Å². The Morgan fingerprint density at radius 2 is 2.17 bits per heavy atom. The van der Waals surface area contributed by atoms with Crippen molar-refractivity contribution in [2.75, 3.05) is 6.61 Å². The molecule has 0 unspecified atom stereocenters. The first kappa shape index (κ1) is 15.0. The largest absolute Gasteiger partial charge is 0.477 e. The van der Waals surface area contributed by atoms with Gasteiger partial charge in [-0.3, -0.25) is 0 Å². The molecule has 0 radical (unpaired) electrons. The summed E-state index contributed by atoms with van der Waals surface area (Å²) in [5.74, 6) is 0.604. The number of hydrogen-bond acceptors (Lipinski definition) is 3. The Labute approximate surface area is 114 Å². The minimum absolute atomic E-state index is 0.0325. The summed E-state index contributed by atoms with van der Waals surface area (Å²) in [7, 11) is 0. The third-order valence-corrected chi connectivity index (χ3v) is 2.60. The number of nitrogens with one attached hydrogen (secondary N) is 1. The number of aromatic nitrogens is 1. The van der Waals surface area contributed by atoms with Crippen molar-refractivity contribution in [1.29, 1.82) is 0 Å². The van der Waals surface area contributed by atoms with Crippen LogP contribution in [0.2, 0.25) is 5.02 Å². The lowest BCUT2D eigenvalue weighted by Crippen LogP contribution is -2.35. The molecule has 0 atom stereocenters. The molecule has 4 heteroatoms. The van der Waals surface area contributed by atoms with Crippen molar-refractivity contribution in [3.63, 3.8) is 0 Å². The fourth-order valence-electron chi connectivity index (χ4n) is 1.26. The maximum absolute atomic E-state index is 6.11. The summed E-state index contributed by atoms with van der Waals surface area (Å²) in [6, 6.07) is 3.60. The molecule has 1 rings (SSSR count). The second-order valence-electron chi connectivity index (χ2n) is 5.11. The maximum atomic E-state index is 6.11. The Hall–Kier alpha value is -1.06. The first-order valence-corrected chi connectivity index (χ1v) is 6.44. The highest BCUT2D eigenvalue weighted by molar-refractivity contribution is 6.31. The number of ether oxygens (including phenoxy) is 1. The van der Waals surface area contributed by atoms with Crippen LogP contribution in [0.5, 0.6) is 5.88 Å². The first-order chi connectivity index (χ1) is 8.42. The normalized spacial score (nSPS) is 11.3. The average Bonchev–Trinajstić information content (AvgIpc) is 2.29. The highest BCUT2D eigenvalue weighted by Crippen LogP contribution is 2.18. The van der Waals surface area contributed by atoms with Gasteiger partial charge in [-0.05, 0) is 33.3 Å². The van der Waals surface area contributed by atoms with Gasteiger partial charge >= 0.3 is 0 Å². The average molecular weight is 269 g/mol. The van der Waals surface area contributed by atoms with E-state index in [0.29, 0.717) is 24.1 Å². The van der Waals surface area contributed by atoms with Gasteiger partial charge in [-0.25, -0.2) is 4.98 Å². The second-order valence-corrected chi connectivity index (χ2v) is 5.51. The number of nitrogens with zero attached hydrogens (tertiary/aromatic N) is 1. The van der Waals surface area contributed by atoms with E-state index < -0.39 is 0 Å². The Kier molecular flexibility index (Phi) is 5.63. The fourth-order valence-corrected chi connectivity index (χ4v) is 1.44. The molecular weight excluding hydrogens is 248 g/mol. The van der Waals surface area contributed by atoms with Crippen LogP contribution in [-0.2, 0) is 6.54 Å². The molecule has 1 heterocycles. The summed E-state index contributed by atoms with van der Waals surface area (Å²) in [5, 5.41) is 4.01. The molecule has 0 aliphatic rings. The predicted octanol–water partition coefficient (Wildman–Crippen LogP) is 3.58. The number of pyridine rings is 1. The smallest absolute Gasteiger partial charge is 0.213 e. The van der Waals surface area contributed by atoms with Gasteiger partial charge < -0.3 is 10.1 Å². The van der Waals surface area contributed by atoms with Crippen molar-refractivity contribution in [3.05, 3.63) is 35.5 Å². The minimum Gasteiger partial charge on any atom is -0.477 e. The van der Waals surface area contributed by atoms with E-state index in [-0.39, 0.29) is 5.54 Å². The lowest BCUT2D eigenvalue weighted by atomic mass is 10.1. The van der Waals surface area contributed by atoms with E-state index in [9.17, 15) is 0 Å². The molecule has 0 aliphatic carbocycles. The number of rotatable bonds is 6. The molecule has 0 amide bonds. The van der Waals surface area contributed by atoms with Crippen molar-refractivity contribution in [2.24, 2.45) is 0 Å². The lowest BCUT2D eigenvalue weighted by molar-refractivity contribution is 0.310. The quantitative estimate of drug-likeness (QED) is 0.633. The zero-order valence-electron chi connectivity index (χ0n) is 11.3. The Bertz CT molecular complexity index is 399. The van der Waals surface area contributed by atoms with Gasteiger partial charge in [0.15, 0.2) is 0 Å². The summed E-state index contributed by atoms with van der Waals surface area (Å²) in [4.78, 5) is 4.40. The van der Waals surface area contributed by atoms with E-state index in [1.54, 1.807) is 6.07 Å². The van der Waals surface area contributed by atoms with E-state index in [1.165, 1.54) is 0 Å². The van der Waals surface area contributed by atoms with Crippen molar-refractivity contribution in [2.45, 2.75) is 39.3 Å². The molecule has 100 valence electrons. The fraction of sp³-hybridized carbons (Fsp3) is 0.500. The van der Waals surface area contributed by atoms with Gasteiger partial charge in [-0.15, -0.1) is 6.58 Å². The number of halogens is 1.